The van der Waals surface area contributed by atoms with Gasteiger partial charge in [-0.05, 0) is 31.1 Å². The third-order valence-electron chi connectivity index (χ3n) is 3.76. The summed E-state index contributed by atoms with van der Waals surface area (Å²) in [7, 11) is 0. The van der Waals surface area contributed by atoms with Crippen LogP contribution in [0.15, 0.2) is 47.7 Å². The van der Waals surface area contributed by atoms with Crippen LogP contribution in [0.25, 0.3) is 0 Å². The zero-order valence-corrected chi connectivity index (χ0v) is 12.4. The number of benzene rings is 1. The van der Waals surface area contributed by atoms with Crippen molar-refractivity contribution in [3.63, 3.8) is 0 Å². The Hall–Kier alpha value is -2.07. The topological polar surface area (TPSA) is 49.4 Å². The fraction of sp³-hybridized carbons (Fsp3) is 0.250. The number of carbonyl (C=O) groups excluding carboxylic acids is 2. The molecule has 2 aliphatic heterocycles. The van der Waals surface area contributed by atoms with E-state index < -0.39 is 6.04 Å². The van der Waals surface area contributed by atoms with Gasteiger partial charge in [-0.25, -0.2) is 4.79 Å². The molecule has 0 spiro atoms. The predicted octanol–water partition coefficient (Wildman–Crippen LogP) is 3.21. The summed E-state index contributed by atoms with van der Waals surface area (Å²) < 4.78 is 0. The van der Waals surface area contributed by atoms with Gasteiger partial charge in [0.25, 0.3) is 0 Å². The maximum atomic E-state index is 12.3. The maximum absolute atomic E-state index is 12.3. The fourth-order valence-electron chi connectivity index (χ4n) is 2.80. The van der Waals surface area contributed by atoms with Gasteiger partial charge in [0.1, 0.15) is 0 Å². The Morgan fingerprint density at radius 1 is 1.38 bits per heavy atom. The van der Waals surface area contributed by atoms with Crippen LogP contribution in [0.1, 0.15) is 24.9 Å². The van der Waals surface area contributed by atoms with E-state index in [0.29, 0.717) is 22.8 Å². The van der Waals surface area contributed by atoms with Gasteiger partial charge in [-0.2, -0.15) is 0 Å². The van der Waals surface area contributed by atoms with Crippen LogP contribution in [0.3, 0.4) is 0 Å². The van der Waals surface area contributed by atoms with Crippen LogP contribution >= 0.6 is 11.6 Å². The molecule has 1 unspecified atom stereocenters. The molecule has 1 aromatic rings. The third-order valence-corrected chi connectivity index (χ3v) is 4.10. The second kappa shape index (κ2) is 5.37. The molecule has 3 rings (SSSR count). The number of rotatable bonds is 2. The number of hydrogen-bond acceptors (Lipinski definition) is 2. The molecule has 1 N–H and O–H groups in total. The highest BCUT2D eigenvalue weighted by Gasteiger charge is 2.36. The van der Waals surface area contributed by atoms with Crippen LogP contribution in [0, 0.1) is 0 Å². The van der Waals surface area contributed by atoms with Crippen molar-refractivity contribution in [1.29, 1.82) is 0 Å². The minimum Gasteiger partial charge on any atom is -0.327 e. The van der Waals surface area contributed by atoms with Crippen molar-refractivity contribution in [3.05, 3.63) is 58.3 Å². The minimum atomic E-state index is -0.502. The number of fused-ring (bicyclic) bond motifs is 1. The van der Waals surface area contributed by atoms with Crippen LogP contribution in [0.5, 0.6) is 0 Å². The van der Waals surface area contributed by atoms with Crippen molar-refractivity contribution >= 4 is 23.4 Å². The number of amides is 2. The first-order chi connectivity index (χ1) is 10.1. The van der Waals surface area contributed by atoms with Crippen molar-refractivity contribution in [3.8, 4) is 0 Å². The van der Waals surface area contributed by atoms with E-state index in [1.807, 2.05) is 30.4 Å². The lowest BCUT2D eigenvalue weighted by atomic mass is 9.91. The predicted molar refractivity (Wildman–Crippen MR) is 80.9 cm³/mol. The zero-order chi connectivity index (χ0) is 15.0. The summed E-state index contributed by atoms with van der Waals surface area (Å²) in [6, 6.07) is 6.57. The molecule has 0 aromatic heterocycles. The first-order valence-corrected chi connectivity index (χ1v) is 7.21. The van der Waals surface area contributed by atoms with Gasteiger partial charge in [-0.3, -0.25) is 9.69 Å². The summed E-state index contributed by atoms with van der Waals surface area (Å²) in [5.74, 6) is -0.0635. The van der Waals surface area contributed by atoms with Gasteiger partial charge in [0.05, 0.1) is 11.7 Å². The van der Waals surface area contributed by atoms with Crippen molar-refractivity contribution < 1.29 is 9.59 Å². The Morgan fingerprint density at radius 2 is 2.14 bits per heavy atom. The highest BCUT2D eigenvalue weighted by atomic mass is 35.5. The van der Waals surface area contributed by atoms with E-state index in [9.17, 15) is 9.59 Å². The first kappa shape index (κ1) is 13.9. The molecule has 2 amide bonds. The Labute approximate surface area is 128 Å². The molecule has 0 bridgehead atoms. The molecule has 108 valence electrons. The van der Waals surface area contributed by atoms with Crippen LogP contribution < -0.4 is 5.32 Å². The average molecular weight is 303 g/mol. The van der Waals surface area contributed by atoms with Gasteiger partial charge in [-0.1, -0.05) is 35.9 Å². The molecular weight excluding hydrogens is 288 g/mol. The molecule has 1 atom stereocenters. The van der Waals surface area contributed by atoms with Gasteiger partial charge < -0.3 is 5.32 Å². The SMILES string of the molecule is CC(=O)C1=C2C=CCCN2C(=O)NC1c1ccccc1Cl. The molecule has 0 saturated heterocycles. The summed E-state index contributed by atoms with van der Waals surface area (Å²) in [4.78, 5) is 26.0. The van der Waals surface area contributed by atoms with E-state index in [2.05, 4.69) is 5.32 Å². The lowest BCUT2D eigenvalue weighted by Gasteiger charge is -2.37. The number of nitrogens with one attached hydrogen (secondary N) is 1. The normalized spacial score (nSPS) is 21.1. The Bertz CT molecular complexity index is 679. The number of urea groups is 1. The number of hydrogen-bond donors (Lipinski definition) is 1. The van der Waals surface area contributed by atoms with Crippen LogP contribution in [0.4, 0.5) is 4.79 Å². The van der Waals surface area contributed by atoms with Crippen molar-refractivity contribution in [1.82, 2.24) is 10.2 Å². The summed E-state index contributed by atoms with van der Waals surface area (Å²) >= 11 is 6.23. The highest BCUT2D eigenvalue weighted by molar-refractivity contribution is 6.31. The lowest BCUT2D eigenvalue weighted by Crippen LogP contribution is -2.48. The molecule has 4 nitrogen and oxygen atoms in total. The second-order valence-corrected chi connectivity index (χ2v) is 5.51. The number of ketones is 1. The maximum Gasteiger partial charge on any atom is 0.322 e. The molecule has 0 saturated carbocycles. The lowest BCUT2D eigenvalue weighted by molar-refractivity contribution is -0.114. The molecule has 0 radical (unpaired) electrons. The molecule has 5 heteroatoms. The largest absolute Gasteiger partial charge is 0.327 e. The fourth-order valence-corrected chi connectivity index (χ4v) is 3.05. The third kappa shape index (κ3) is 2.36. The number of halogens is 1. The summed E-state index contributed by atoms with van der Waals surface area (Å²) in [6.45, 7) is 2.11. The molecule has 1 aromatic carbocycles. The average Bonchev–Trinajstić information content (AvgIpc) is 2.47. The van der Waals surface area contributed by atoms with Crippen molar-refractivity contribution in [2.45, 2.75) is 19.4 Å². The molecule has 0 fully saturated rings. The van der Waals surface area contributed by atoms with Crippen molar-refractivity contribution in [2.24, 2.45) is 0 Å². The van der Waals surface area contributed by atoms with Gasteiger partial charge >= 0.3 is 6.03 Å². The molecule has 2 heterocycles. The van der Waals surface area contributed by atoms with E-state index in [-0.39, 0.29) is 11.8 Å². The van der Waals surface area contributed by atoms with Gasteiger partial charge in [0.2, 0.25) is 0 Å². The zero-order valence-electron chi connectivity index (χ0n) is 11.6. The number of nitrogens with zero attached hydrogens (tertiary/aromatic N) is 1. The van der Waals surface area contributed by atoms with Gasteiger partial charge in [-0.15, -0.1) is 0 Å². The molecule has 21 heavy (non-hydrogen) atoms. The summed E-state index contributed by atoms with van der Waals surface area (Å²) in [6.07, 6.45) is 4.62. The quantitative estimate of drug-likeness (QED) is 0.912. The van der Waals surface area contributed by atoms with E-state index in [1.54, 1.807) is 11.0 Å². The number of carbonyl (C=O) groups is 2. The number of allylic oxidation sites excluding steroid dienone is 1. The smallest absolute Gasteiger partial charge is 0.322 e. The number of Topliss-reactive ketones (excluding diaryl/α,β-unsaturated/α-hetero) is 1. The van der Waals surface area contributed by atoms with E-state index in [4.69, 9.17) is 11.6 Å². The Morgan fingerprint density at radius 3 is 2.86 bits per heavy atom. The van der Waals surface area contributed by atoms with Crippen molar-refractivity contribution in [2.75, 3.05) is 6.54 Å². The Balaban J connectivity index is 2.18. The molecule has 2 aliphatic rings. The van der Waals surface area contributed by atoms with E-state index in [0.717, 1.165) is 12.0 Å². The standard InChI is InChI=1S/C16H15ClN2O2/c1-10(20)14-13-8-4-5-9-19(13)16(21)18-15(14)11-6-2-3-7-12(11)17/h2-4,6-8,15H,5,9H2,1H3,(H,18,21). The minimum absolute atomic E-state index is 0.0635. The first-order valence-electron chi connectivity index (χ1n) is 6.83. The second-order valence-electron chi connectivity index (χ2n) is 5.10. The molecule has 0 aliphatic carbocycles. The summed E-state index contributed by atoms with van der Waals surface area (Å²) in [5.41, 5.74) is 2.00. The van der Waals surface area contributed by atoms with Crippen LogP contribution in [-0.4, -0.2) is 23.3 Å². The van der Waals surface area contributed by atoms with Gasteiger partial charge in [0, 0.05) is 17.1 Å². The Kier molecular flexibility index (Phi) is 3.55. The molecular formula is C16H15ClN2O2. The van der Waals surface area contributed by atoms with Crippen LogP contribution in [0.2, 0.25) is 5.02 Å². The van der Waals surface area contributed by atoms with Gasteiger partial charge in [0.15, 0.2) is 5.78 Å². The van der Waals surface area contributed by atoms with E-state index in [1.165, 1.54) is 6.92 Å². The van der Waals surface area contributed by atoms with E-state index >= 15 is 0 Å². The summed E-state index contributed by atoms with van der Waals surface area (Å²) in [5, 5.41) is 3.43. The van der Waals surface area contributed by atoms with Crippen LogP contribution in [-0.2, 0) is 4.79 Å². The monoisotopic (exact) mass is 302 g/mol. The highest BCUT2D eigenvalue weighted by Crippen LogP contribution is 2.35.